The molecule has 0 fully saturated rings. The summed E-state index contributed by atoms with van der Waals surface area (Å²) in [6, 6.07) is 15.6. The molecule has 17 heteroatoms. The van der Waals surface area contributed by atoms with Gasteiger partial charge in [-0.2, -0.15) is 4.98 Å². The van der Waals surface area contributed by atoms with Crippen molar-refractivity contribution in [2.75, 3.05) is 5.32 Å². The maximum Gasteiger partial charge on any atom is 0.470 e. The summed E-state index contributed by atoms with van der Waals surface area (Å²) in [5, 5.41) is 10.1. The Bertz CT molecular complexity index is 2700. The van der Waals surface area contributed by atoms with Gasteiger partial charge in [0.1, 0.15) is 29.4 Å². The Morgan fingerprint density at radius 3 is 2.55 bits per heavy atom. The van der Waals surface area contributed by atoms with E-state index in [1.165, 1.54) is 0 Å². The van der Waals surface area contributed by atoms with E-state index in [0.29, 0.717) is 39.7 Å². The van der Waals surface area contributed by atoms with Crippen molar-refractivity contribution < 1.29 is 42.0 Å². The van der Waals surface area contributed by atoms with Gasteiger partial charge in [0.25, 0.3) is 11.8 Å². The van der Waals surface area contributed by atoms with Gasteiger partial charge >= 0.3 is 7.82 Å². The molecule has 14 nitrogen and oxygen atoms in total. The minimum Gasteiger partial charge on any atom is -0.469 e. The second-order valence-electron chi connectivity index (χ2n) is 15.9. The summed E-state index contributed by atoms with van der Waals surface area (Å²) in [5.41, 5.74) is 6.38. The minimum atomic E-state index is -5.07. The van der Waals surface area contributed by atoms with E-state index in [-0.39, 0.29) is 40.7 Å². The van der Waals surface area contributed by atoms with E-state index < -0.39 is 55.4 Å². The molecule has 0 saturated heterocycles. The first-order chi connectivity index (χ1) is 27.6. The number of nitrogens with zero attached hydrogens (tertiary/aromatic N) is 2. The number of para-hydroxylation sites is 1. The Morgan fingerprint density at radius 2 is 1.79 bits per heavy atom. The van der Waals surface area contributed by atoms with Gasteiger partial charge in [0.2, 0.25) is 11.8 Å². The van der Waals surface area contributed by atoms with Crippen LogP contribution in [-0.4, -0.2) is 49.9 Å². The molecule has 4 aliphatic heterocycles. The van der Waals surface area contributed by atoms with Crippen LogP contribution in [0.15, 0.2) is 68.5 Å². The average Bonchev–Trinajstić information content (AvgIpc) is 3.96. The number of amides is 2. The molecule has 2 amide bonds. The van der Waals surface area contributed by atoms with Gasteiger partial charge < -0.3 is 39.3 Å². The van der Waals surface area contributed by atoms with Gasteiger partial charge in [0.15, 0.2) is 28.6 Å². The highest BCUT2D eigenvalue weighted by Crippen LogP contribution is 2.62. The summed E-state index contributed by atoms with van der Waals surface area (Å²) in [4.78, 5) is 57.1. The average molecular weight is 845 g/mol. The lowest BCUT2D eigenvalue weighted by molar-refractivity contribution is -0.135. The number of nitrogens with one attached hydrogen (secondary N) is 3. The van der Waals surface area contributed by atoms with Crippen molar-refractivity contribution >= 4 is 54.1 Å². The number of hydrogen-bond acceptors (Lipinski definition) is 10. The zero-order chi connectivity index (χ0) is 40.6. The van der Waals surface area contributed by atoms with Crippen LogP contribution in [0, 0.1) is 11.8 Å². The fourth-order valence-electron chi connectivity index (χ4n) is 9.07. The van der Waals surface area contributed by atoms with Crippen LogP contribution in [-0.2, 0) is 36.9 Å². The highest BCUT2D eigenvalue weighted by atomic mass is 35.5. The van der Waals surface area contributed by atoms with Crippen LogP contribution in [0.2, 0.25) is 5.15 Å². The number of fused-ring (bicyclic) bond motifs is 7. The predicted octanol–water partition coefficient (Wildman–Crippen LogP) is 6.98. The Hall–Kier alpha value is -4.95. The van der Waals surface area contributed by atoms with E-state index in [1.54, 1.807) is 13.8 Å². The molecule has 10 rings (SSSR count). The molecule has 5 aliphatic rings. The molecule has 58 heavy (non-hydrogen) atoms. The summed E-state index contributed by atoms with van der Waals surface area (Å²) in [5.74, 6) is -0.967. The predicted molar refractivity (Wildman–Crippen MR) is 212 cm³/mol. The molecule has 5 N–H and O–H groups in total. The summed E-state index contributed by atoms with van der Waals surface area (Å²) in [6.07, 6.45) is -1.82. The largest absolute Gasteiger partial charge is 0.470 e. The number of anilines is 1. The lowest BCUT2D eigenvalue weighted by Gasteiger charge is -2.29. The normalized spacial score (nSPS) is 22.7. The van der Waals surface area contributed by atoms with E-state index >= 15 is 0 Å². The number of oxazole rings is 2. The number of halogens is 2. The third kappa shape index (κ3) is 5.46. The molecule has 6 heterocycles. The van der Waals surface area contributed by atoms with Crippen molar-refractivity contribution in [1.29, 1.82) is 0 Å². The van der Waals surface area contributed by atoms with Gasteiger partial charge in [-0.3, -0.25) is 14.1 Å². The fraction of sp³-hybridized carbons (Fsp3) is 0.317. The molecule has 10 bridgehead atoms. The van der Waals surface area contributed by atoms with Crippen LogP contribution >= 0.6 is 31.0 Å². The SMILES string of the molecule is CC(C)[C@H](OP(=O)(O)O)C(=O)N[C@H]1Cc2ccc3c(c2)[C@]24c5cccc(c5NC2O3)-c2cccc3c2C(=C(Cl)C3)c2oc(nc2Cl)-c2nc(oc24)[C@H](C(C)C)NC1=O. The number of phosphoric acid groups is 1. The topological polar surface area (TPSA) is 198 Å². The number of ether oxygens (including phenoxy) is 1. The molecule has 0 saturated carbocycles. The van der Waals surface area contributed by atoms with E-state index in [4.69, 9.17) is 51.3 Å². The summed E-state index contributed by atoms with van der Waals surface area (Å²) < 4.78 is 37.2. The van der Waals surface area contributed by atoms with Gasteiger partial charge in [0.05, 0.1) is 0 Å². The minimum absolute atomic E-state index is 0.00142. The van der Waals surface area contributed by atoms with Crippen LogP contribution in [0.4, 0.5) is 5.69 Å². The van der Waals surface area contributed by atoms with Gasteiger partial charge in [-0.15, -0.1) is 0 Å². The monoisotopic (exact) mass is 843 g/mol. The molecule has 1 spiro atoms. The quantitative estimate of drug-likeness (QED) is 0.110. The lowest BCUT2D eigenvalue weighted by atomic mass is 9.72. The van der Waals surface area contributed by atoms with E-state index in [2.05, 4.69) is 16.0 Å². The first kappa shape index (κ1) is 37.3. The fourth-order valence-corrected chi connectivity index (χ4v) is 10.2. The number of carbonyl (C=O) groups excluding carboxylic acids is 2. The molecule has 2 aromatic heterocycles. The smallest absolute Gasteiger partial charge is 0.469 e. The Morgan fingerprint density at radius 1 is 1.02 bits per heavy atom. The number of allylic oxidation sites excluding steroid dienone is 1. The standard InChI is InChI=1S/C41H36Cl2N5O9P/c1-16(2)29-38-46-31-34(56-38)41-22-10-6-9-21(20-8-5-7-19-15-24(42)28(27(19)20)33-35(43)48-39(31)55-33)30(22)47-40(41)54-26-12-11-18(13-23(26)41)14-25(36(49)45-29)44-37(50)32(17(3)4)57-58(51,52)53/h5-13,16-17,25,29,32,40,47H,14-15H2,1-4H3,(H,44,50)(H,45,49)(H2,51,52,53)/t25-,29-,32-,40?,41-/m0/s1. The lowest BCUT2D eigenvalue weighted by Crippen LogP contribution is -2.53. The molecule has 1 aliphatic carbocycles. The first-order valence-electron chi connectivity index (χ1n) is 18.9. The molecule has 1 unspecified atom stereocenters. The molecule has 5 atom stereocenters. The number of hydrogen-bond donors (Lipinski definition) is 5. The number of rotatable bonds is 6. The van der Waals surface area contributed by atoms with Crippen molar-refractivity contribution in [3.8, 4) is 28.5 Å². The van der Waals surface area contributed by atoms with Crippen LogP contribution in [0.1, 0.15) is 79.0 Å². The number of phosphoric ester groups is 1. The second-order valence-corrected chi connectivity index (χ2v) is 17.9. The molecule has 5 aromatic rings. The van der Waals surface area contributed by atoms with E-state index in [9.17, 15) is 23.9 Å². The van der Waals surface area contributed by atoms with Crippen molar-refractivity contribution in [3.05, 3.63) is 110 Å². The van der Waals surface area contributed by atoms with E-state index in [0.717, 1.165) is 33.5 Å². The summed E-state index contributed by atoms with van der Waals surface area (Å²) >= 11 is 14.0. The Balaban J connectivity index is 1.23. The van der Waals surface area contributed by atoms with Crippen molar-refractivity contribution in [2.45, 2.75) is 70.4 Å². The first-order valence-corrected chi connectivity index (χ1v) is 21.2. The molecule has 3 aromatic carbocycles. The van der Waals surface area contributed by atoms with Crippen LogP contribution < -0.4 is 20.7 Å². The third-order valence-electron chi connectivity index (χ3n) is 11.6. The van der Waals surface area contributed by atoms with Gasteiger partial charge in [-0.05, 0) is 40.2 Å². The molecular weight excluding hydrogens is 808 g/mol. The van der Waals surface area contributed by atoms with Gasteiger partial charge in [0, 0.05) is 45.8 Å². The molecular formula is C41H36Cl2N5O9P. The van der Waals surface area contributed by atoms with Gasteiger partial charge in [-0.25, -0.2) is 9.55 Å². The van der Waals surface area contributed by atoms with Gasteiger partial charge in [-0.1, -0.05) is 99.4 Å². The van der Waals surface area contributed by atoms with Crippen LogP contribution in [0.25, 0.3) is 28.3 Å². The third-order valence-corrected chi connectivity index (χ3v) is 12.7. The van der Waals surface area contributed by atoms with Crippen molar-refractivity contribution in [1.82, 2.24) is 20.6 Å². The maximum absolute atomic E-state index is 14.4. The van der Waals surface area contributed by atoms with E-state index in [1.807, 2.05) is 68.4 Å². The summed E-state index contributed by atoms with van der Waals surface area (Å²) in [6.45, 7) is 6.95. The maximum atomic E-state index is 14.4. The number of carbonyl (C=O) groups is 2. The van der Waals surface area contributed by atoms with Crippen LogP contribution in [0.5, 0.6) is 5.75 Å². The second kappa shape index (κ2) is 13.0. The summed E-state index contributed by atoms with van der Waals surface area (Å²) in [7, 11) is -5.07. The highest BCUT2D eigenvalue weighted by molar-refractivity contribution is 7.46. The Labute approximate surface area is 341 Å². The Kier molecular flexibility index (Phi) is 8.38. The molecule has 298 valence electrons. The van der Waals surface area contributed by atoms with Crippen molar-refractivity contribution in [2.24, 2.45) is 11.8 Å². The number of aromatic nitrogens is 2. The molecule has 0 radical (unpaired) electrons. The zero-order valence-electron chi connectivity index (χ0n) is 31.4. The highest BCUT2D eigenvalue weighted by Gasteiger charge is 2.62. The van der Waals surface area contributed by atoms with Crippen molar-refractivity contribution in [3.63, 3.8) is 0 Å². The zero-order valence-corrected chi connectivity index (χ0v) is 33.8. The van der Waals surface area contributed by atoms with Crippen LogP contribution in [0.3, 0.4) is 0 Å². The number of benzene rings is 3.